The summed E-state index contributed by atoms with van der Waals surface area (Å²) in [7, 11) is 3.49. The number of hydrogen-bond donors (Lipinski definition) is 1. The van der Waals surface area contributed by atoms with Gasteiger partial charge in [0.1, 0.15) is 0 Å². The number of rotatable bonds is 4. The number of furan rings is 1. The van der Waals surface area contributed by atoms with E-state index in [0.717, 1.165) is 13.0 Å². The van der Waals surface area contributed by atoms with E-state index in [4.69, 9.17) is 20.8 Å². The summed E-state index contributed by atoms with van der Waals surface area (Å²) in [6.07, 6.45) is 1.13. The van der Waals surface area contributed by atoms with Crippen molar-refractivity contribution in [2.45, 2.75) is 31.0 Å². The zero-order valence-electron chi connectivity index (χ0n) is 13.8. The highest BCUT2D eigenvalue weighted by Crippen LogP contribution is 2.25. The van der Waals surface area contributed by atoms with Gasteiger partial charge in [-0.1, -0.05) is 0 Å². The number of halogens is 1. The molecule has 8 heteroatoms. The lowest BCUT2D eigenvalue weighted by Crippen LogP contribution is -2.47. The molecule has 0 aromatic carbocycles. The lowest BCUT2D eigenvalue weighted by molar-refractivity contribution is -0.134. The lowest BCUT2D eigenvalue weighted by Gasteiger charge is -2.35. The third kappa shape index (κ3) is 3.91. The standard InChI is InChI=1S/C16H22ClN3O4/c1-19(2)15(21)6-12-8-20-7-10(5-11(20)9-23-12)18-16(22)13-3-4-14(17)24-13/h3-4,10-12H,5-9H2,1-2H3,(H,18,22)/t10-,11+,12+/m1/s1. The van der Waals surface area contributed by atoms with Crippen molar-refractivity contribution in [3.8, 4) is 0 Å². The summed E-state index contributed by atoms with van der Waals surface area (Å²) < 4.78 is 10.9. The Bertz CT molecular complexity index is 618. The Hall–Kier alpha value is -1.57. The largest absolute Gasteiger partial charge is 0.440 e. The molecule has 0 spiro atoms. The first-order chi connectivity index (χ1) is 11.4. The number of morpholine rings is 1. The van der Waals surface area contributed by atoms with Crippen molar-refractivity contribution in [3.05, 3.63) is 23.1 Å². The second kappa shape index (κ2) is 7.13. The monoisotopic (exact) mass is 355 g/mol. The molecule has 3 atom stereocenters. The summed E-state index contributed by atoms with van der Waals surface area (Å²) >= 11 is 5.70. The fourth-order valence-corrected chi connectivity index (χ4v) is 3.39. The molecule has 3 rings (SSSR count). The van der Waals surface area contributed by atoms with E-state index in [1.165, 1.54) is 0 Å². The van der Waals surface area contributed by atoms with Gasteiger partial charge in [0.15, 0.2) is 11.0 Å². The minimum absolute atomic E-state index is 0.0401. The maximum absolute atomic E-state index is 12.1. The highest BCUT2D eigenvalue weighted by molar-refractivity contribution is 6.29. The smallest absolute Gasteiger partial charge is 0.287 e. The molecule has 2 aliphatic heterocycles. The van der Waals surface area contributed by atoms with Gasteiger partial charge in [0.05, 0.1) is 19.1 Å². The number of hydrogen-bond acceptors (Lipinski definition) is 5. The van der Waals surface area contributed by atoms with Gasteiger partial charge < -0.3 is 19.4 Å². The van der Waals surface area contributed by atoms with Gasteiger partial charge in [-0.25, -0.2) is 0 Å². The average molecular weight is 356 g/mol. The Morgan fingerprint density at radius 3 is 2.83 bits per heavy atom. The second-order valence-electron chi connectivity index (χ2n) is 6.57. The van der Waals surface area contributed by atoms with E-state index in [0.29, 0.717) is 19.6 Å². The number of nitrogens with one attached hydrogen (secondary N) is 1. The quantitative estimate of drug-likeness (QED) is 0.871. The van der Waals surface area contributed by atoms with Crippen LogP contribution in [-0.4, -0.2) is 73.6 Å². The first-order valence-corrected chi connectivity index (χ1v) is 8.42. The molecule has 24 heavy (non-hydrogen) atoms. The van der Waals surface area contributed by atoms with Crippen molar-refractivity contribution in [1.29, 1.82) is 0 Å². The number of fused-ring (bicyclic) bond motifs is 1. The van der Waals surface area contributed by atoms with Crippen LogP contribution in [0.1, 0.15) is 23.4 Å². The minimum Gasteiger partial charge on any atom is -0.440 e. The van der Waals surface area contributed by atoms with Crippen LogP contribution < -0.4 is 5.32 Å². The van der Waals surface area contributed by atoms with Gasteiger partial charge in [0.2, 0.25) is 5.91 Å². The predicted octanol–water partition coefficient (Wildman–Crippen LogP) is 0.983. The molecule has 1 aromatic rings. The van der Waals surface area contributed by atoms with Gasteiger partial charge in [-0.05, 0) is 30.2 Å². The molecule has 0 unspecified atom stereocenters. The van der Waals surface area contributed by atoms with Gasteiger partial charge in [-0.3, -0.25) is 14.5 Å². The normalized spacial score (nSPS) is 26.9. The van der Waals surface area contributed by atoms with E-state index in [1.807, 2.05) is 0 Å². The topological polar surface area (TPSA) is 75.0 Å². The highest BCUT2D eigenvalue weighted by Gasteiger charge is 2.38. The van der Waals surface area contributed by atoms with Crippen LogP contribution in [0.25, 0.3) is 0 Å². The molecule has 1 N–H and O–H groups in total. The van der Waals surface area contributed by atoms with Crippen molar-refractivity contribution in [2.75, 3.05) is 33.8 Å². The Morgan fingerprint density at radius 2 is 2.17 bits per heavy atom. The molecule has 0 aliphatic carbocycles. The molecule has 3 heterocycles. The van der Waals surface area contributed by atoms with Crippen LogP contribution in [0.2, 0.25) is 5.22 Å². The molecule has 0 radical (unpaired) electrons. The molecule has 2 saturated heterocycles. The van der Waals surface area contributed by atoms with E-state index in [2.05, 4.69) is 10.2 Å². The fourth-order valence-electron chi connectivity index (χ4n) is 3.24. The Balaban J connectivity index is 1.51. The number of carbonyl (C=O) groups excluding carboxylic acids is 2. The first kappa shape index (κ1) is 17.3. The molecule has 7 nitrogen and oxygen atoms in total. The number of carbonyl (C=O) groups is 2. The van der Waals surface area contributed by atoms with Crippen molar-refractivity contribution in [3.63, 3.8) is 0 Å². The summed E-state index contributed by atoms with van der Waals surface area (Å²) in [6, 6.07) is 3.43. The van der Waals surface area contributed by atoms with E-state index in [-0.39, 0.29) is 41.0 Å². The molecular weight excluding hydrogens is 334 g/mol. The van der Waals surface area contributed by atoms with Crippen molar-refractivity contribution >= 4 is 23.4 Å². The van der Waals surface area contributed by atoms with Gasteiger partial charge in [-0.15, -0.1) is 0 Å². The zero-order chi connectivity index (χ0) is 17.3. The molecule has 1 aromatic heterocycles. The third-order valence-corrected chi connectivity index (χ3v) is 4.73. The fraction of sp³-hybridized carbons (Fsp3) is 0.625. The molecule has 2 aliphatic rings. The summed E-state index contributed by atoms with van der Waals surface area (Å²) in [6.45, 7) is 2.05. The Morgan fingerprint density at radius 1 is 1.38 bits per heavy atom. The van der Waals surface area contributed by atoms with E-state index in [1.54, 1.807) is 31.1 Å². The summed E-state index contributed by atoms with van der Waals surface area (Å²) in [5.41, 5.74) is 0. The Kier molecular flexibility index (Phi) is 5.12. The van der Waals surface area contributed by atoms with Crippen LogP contribution in [0.3, 0.4) is 0 Å². The van der Waals surface area contributed by atoms with E-state index < -0.39 is 0 Å². The van der Waals surface area contributed by atoms with E-state index in [9.17, 15) is 9.59 Å². The maximum atomic E-state index is 12.1. The van der Waals surface area contributed by atoms with E-state index >= 15 is 0 Å². The SMILES string of the molecule is CN(C)C(=O)C[C@H]1CN2C[C@H](NC(=O)c3ccc(Cl)o3)C[C@H]2CO1. The third-order valence-electron chi connectivity index (χ3n) is 4.52. The zero-order valence-corrected chi connectivity index (χ0v) is 14.6. The van der Waals surface area contributed by atoms with Crippen LogP contribution in [0, 0.1) is 0 Å². The average Bonchev–Trinajstić information content (AvgIpc) is 3.12. The van der Waals surface area contributed by atoms with Crippen molar-refractivity contribution in [1.82, 2.24) is 15.1 Å². The summed E-state index contributed by atoms with van der Waals surface area (Å²) in [5, 5.41) is 3.17. The van der Waals surface area contributed by atoms with Gasteiger partial charge in [-0.2, -0.15) is 0 Å². The summed E-state index contributed by atoms with van der Waals surface area (Å²) in [5.74, 6) is 0.0276. The molecule has 0 bridgehead atoms. The van der Waals surface area contributed by atoms with Crippen LogP contribution in [0.4, 0.5) is 0 Å². The maximum Gasteiger partial charge on any atom is 0.287 e. The van der Waals surface area contributed by atoms with Crippen molar-refractivity contribution in [2.24, 2.45) is 0 Å². The summed E-state index contributed by atoms with van der Waals surface area (Å²) in [4.78, 5) is 27.8. The lowest BCUT2D eigenvalue weighted by atomic mass is 10.1. The van der Waals surface area contributed by atoms with Crippen molar-refractivity contribution < 1.29 is 18.7 Å². The number of ether oxygens (including phenoxy) is 1. The molecular formula is C16H22ClN3O4. The van der Waals surface area contributed by atoms with Gasteiger partial charge in [0.25, 0.3) is 5.91 Å². The van der Waals surface area contributed by atoms with Crippen LogP contribution in [0.5, 0.6) is 0 Å². The predicted molar refractivity (Wildman–Crippen MR) is 88.0 cm³/mol. The number of nitrogens with zero attached hydrogens (tertiary/aromatic N) is 2. The molecule has 2 fully saturated rings. The highest BCUT2D eigenvalue weighted by atomic mass is 35.5. The van der Waals surface area contributed by atoms with Crippen LogP contribution in [-0.2, 0) is 9.53 Å². The van der Waals surface area contributed by atoms with Crippen LogP contribution >= 0.6 is 11.6 Å². The van der Waals surface area contributed by atoms with Gasteiger partial charge in [0, 0.05) is 39.3 Å². The number of amides is 2. The molecule has 0 saturated carbocycles. The second-order valence-corrected chi connectivity index (χ2v) is 6.94. The minimum atomic E-state index is -0.257. The van der Waals surface area contributed by atoms with Gasteiger partial charge >= 0.3 is 0 Å². The first-order valence-electron chi connectivity index (χ1n) is 8.04. The molecule has 2 amide bonds. The Labute approximate surface area is 145 Å². The molecule has 132 valence electrons. The van der Waals surface area contributed by atoms with Crippen LogP contribution in [0.15, 0.2) is 16.5 Å².